The fraction of sp³-hybridized carbons (Fsp3) is 0.889. The average molecular weight is 183 g/mol. The first-order valence-electron chi connectivity index (χ1n) is 5.09. The fourth-order valence-electron chi connectivity index (χ4n) is 2.46. The van der Waals surface area contributed by atoms with Crippen molar-refractivity contribution in [3.63, 3.8) is 0 Å². The van der Waals surface area contributed by atoms with E-state index in [1.54, 1.807) is 0 Å². The van der Waals surface area contributed by atoms with Gasteiger partial charge in [0.2, 0.25) is 0 Å². The molecule has 74 valence electrons. The Balaban J connectivity index is 1.89. The summed E-state index contributed by atoms with van der Waals surface area (Å²) in [6.45, 7) is 1.07. The van der Waals surface area contributed by atoms with Crippen LogP contribution in [0.4, 0.5) is 0 Å². The van der Waals surface area contributed by atoms with Crippen LogP contribution in [0.25, 0.3) is 0 Å². The van der Waals surface area contributed by atoms with Gasteiger partial charge in [-0.1, -0.05) is 12.8 Å². The van der Waals surface area contributed by atoms with Gasteiger partial charge >= 0.3 is 0 Å². The maximum absolute atomic E-state index is 11.3. The summed E-state index contributed by atoms with van der Waals surface area (Å²) in [6.07, 6.45) is 6.12. The first kappa shape index (κ1) is 8.97. The highest BCUT2D eigenvalue weighted by atomic mass is 16.2. The van der Waals surface area contributed by atoms with Gasteiger partial charge in [-0.3, -0.25) is 15.1 Å². The molecule has 1 aliphatic carbocycles. The third-order valence-corrected chi connectivity index (χ3v) is 3.30. The number of amides is 1. The first-order valence-corrected chi connectivity index (χ1v) is 5.09. The molecule has 0 aromatic carbocycles. The average Bonchev–Trinajstić information content (AvgIpc) is 2.55. The Morgan fingerprint density at radius 2 is 2.00 bits per heavy atom. The van der Waals surface area contributed by atoms with Crippen molar-refractivity contribution in [1.29, 1.82) is 0 Å². The van der Waals surface area contributed by atoms with Gasteiger partial charge in [-0.15, -0.1) is 0 Å². The normalized spacial score (nSPS) is 30.1. The third kappa shape index (κ3) is 1.56. The van der Waals surface area contributed by atoms with Gasteiger partial charge in [-0.05, 0) is 19.3 Å². The van der Waals surface area contributed by atoms with E-state index in [0.717, 1.165) is 13.0 Å². The predicted molar refractivity (Wildman–Crippen MR) is 49.7 cm³/mol. The molecule has 2 fully saturated rings. The van der Waals surface area contributed by atoms with Gasteiger partial charge in [0, 0.05) is 12.6 Å². The Labute approximate surface area is 78.4 Å². The van der Waals surface area contributed by atoms with E-state index in [1.807, 2.05) is 0 Å². The largest absolute Gasteiger partial charge is 0.293 e. The molecule has 0 aromatic rings. The van der Waals surface area contributed by atoms with E-state index >= 15 is 0 Å². The van der Waals surface area contributed by atoms with E-state index in [9.17, 15) is 4.79 Å². The molecule has 4 nitrogen and oxygen atoms in total. The number of carbonyl (C=O) groups excluding carboxylic acids is 1. The topological polar surface area (TPSA) is 58.4 Å². The SMILES string of the molecule is NNC(=O)C1CCN1C1CCCC1. The molecule has 3 N–H and O–H groups in total. The molecule has 0 bridgehead atoms. The lowest BCUT2D eigenvalue weighted by atomic mass is 9.98. The molecular weight excluding hydrogens is 166 g/mol. The Hall–Kier alpha value is -0.610. The second-order valence-corrected chi connectivity index (χ2v) is 3.99. The van der Waals surface area contributed by atoms with E-state index in [-0.39, 0.29) is 11.9 Å². The molecule has 2 rings (SSSR count). The smallest absolute Gasteiger partial charge is 0.251 e. The maximum Gasteiger partial charge on any atom is 0.251 e. The summed E-state index contributed by atoms with van der Waals surface area (Å²) < 4.78 is 0. The summed E-state index contributed by atoms with van der Waals surface area (Å²) in [5.74, 6) is 5.10. The molecule has 4 heteroatoms. The van der Waals surface area contributed by atoms with Crippen LogP contribution in [0.3, 0.4) is 0 Å². The van der Waals surface area contributed by atoms with Crippen LogP contribution in [-0.4, -0.2) is 29.4 Å². The van der Waals surface area contributed by atoms with Crippen molar-refractivity contribution in [3.05, 3.63) is 0 Å². The van der Waals surface area contributed by atoms with Gasteiger partial charge in [0.25, 0.3) is 5.91 Å². The molecule has 1 saturated heterocycles. The Bertz CT molecular complexity index is 201. The van der Waals surface area contributed by atoms with Gasteiger partial charge in [0.05, 0.1) is 6.04 Å². The van der Waals surface area contributed by atoms with Crippen LogP contribution in [0.1, 0.15) is 32.1 Å². The molecular formula is C9H17N3O. The molecule has 1 heterocycles. The van der Waals surface area contributed by atoms with Gasteiger partial charge in [-0.2, -0.15) is 0 Å². The second kappa shape index (κ2) is 3.64. The van der Waals surface area contributed by atoms with Gasteiger partial charge in [0.1, 0.15) is 0 Å². The number of hydrogen-bond acceptors (Lipinski definition) is 3. The number of likely N-dealkylation sites (tertiary alicyclic amines) is 1. The number of nitrogens with one attached hydrogen (secondary N) is 1. The monoisotopic (exact) mass is 183 g/mol. The van der Waals surface area contributed by atoms with E-state index in [2.05, 4.69) is 10.3 Å². The molecule has 13 heavy (non-hydrogen) atoms. The zero-order valence-corrected chi connectivity index (χ0v) is 7.83. The molecule has 1 atom stereocenters. The number of carbonyl (C=O) groups is 1. The van der Waals surface area contributed by atoms with Crippen molar-refractivity contribution in [1.82, 2.24) is 10.3 Å². The minimum Gasteiger partial charge on any atom is -0.293 e. The molecule has 1 unspecified atom stereocenters. The molecule has 0 spiro atoms. The van der Waals surface area contributed by atoms with Crippen molar-refractivity contribution < 1.29 is 4.79 Å². The lowest BCUT2D eigenvalue weighted by Crippen LogP contribution is -2.60. The highest BCUT2D eigenvalue weighted by Gasteiger charge is 2.38. The van der Waals surface area contributed by atoms with Crippen molar-refractivity contribution in [2.45, 2.75) is 44.2 Å². The van der Waals surface area contributed by atoms with Crippen LogP contribution < -0.4 is 11.3 Å². The molecule has 1 saturated carbocycles. The molecule has 2 aliphatic rings. The molecule has 1 amide bonds. The highest BCUT2D eigenvalue weighted by Crippen LogP contribution is 2.30. The summed E-state index contributed by atoms with van der Waals surface area (Å²) in [5.41, 5.74) is 2.24. The van der Waals surface area contributed by atoms with Gasteiger partial charge in [0.15, 0.2) is 0 Å². The van der Waals surface area contributed by atoms with Crippen LogP contribution in [0.15, 0.2) is 0 Å². The quantitative estimate of drug-likeness (QED) is 0.360. The lowest BCUT2D eigenvalue weighted by molar-refractivity contribution is -0.132. The standard InChI is InChI=1S/C9H17N3O/c10-11-9(13)8-5-6-12(8)7-3-1-2-4-7/h7-8H,1-6,10H2,(H,11,13). The summed E-state index contributed by atoms with van der Waals surface area (Å²) in [6, 6.07) is 0.712. The molecule has 0 radical (unpaired) electrons. The van der Waals surface area contributed by atoms with E-state index in [1.165, 1.54) is 25.7 Å². The predicted octanol–water partition coefficient (Wildman–Crippen LogP) is -0.00680. The minimum atomic E-state index is -0.0156. The summed E-state index contributed by atoms with van der Waals surface area (Å²) in [4.78, 5) is 13.6. The zero-order chi connectivity index (χ0) is 9.26. The van der Waals surface area contributed by atoms with Crippen molar-refractivity contribution in [2.24, 2.45) is 5.84 Å². The van der Waals surface area contributed by atoms with Crippen LogP contribution in [0.2, 0.25) is 0 Å². The zero-order valence-electron chi connectivity index (χ0n) is 7.83. The third-order valence-electron chi connectivity index (χ3n) is 3.30. The number of hydrazine groups is 1. The highest BCUT2D eigenvalue weighted by molar-refractivity contribution is 5.82. The number of nitrogens with zero attached hydrogens (tertiary/aromatic N) is 1. The summed E-state index contributed by atoms with van der Waals surface area (Å²) in [5, 5.41) is 0. The summed E-state index contributed by atoms with van der Waals surface area (Å²) in [7, 11) is 0. The van der Waals surface area contributed by atoms with Crippen molar-refractivity contribution in [3.8, 4) is 0 Å². The second-order valence-electron chi connectivity index (χ2n) is 3.99. The van der Waals surface area contributed by atoms with Crippen molar-refractivity contribution in [2.75, 3.05) is 6.54 Å². The van der Waals surface area contributed by atoms with Gasteiger partial charge < -0.3 is 0 Å². The first-order chi connectivity index (χ1) is 6.33. The lowest BCUT2D eigenvalue weighted by Gasteiger charge is -2.43. The summed E-state index contributed by atoms with van der Waals surface area (Å²) >= 11 is 0. The fourth-order valence-corrected chi connectivity index (χ4v) is 2.46. The van der Waals surface area contributed by atoms with Crippen LogP contribution >= 0.6 is 0 Å². The molecule has 0 aromatic heterocycles. The van der Waals surface area contributed by atoms with Crippen LogP contribution in [0.5, 0.6) is 0 Å². The Morgan fingerprint density at radius 3 is 2.46 bits per heavy atom. The van der Waals surface area contributed by atoms with E-state index in [4.69, 9.17) is 5.84 Å². The Morgan fingerprint density at radius 1 is 1.31 bits per heavy atom. The maximum atomic E-state index is 11.3. The number of nitrogens with two attached hydrogens (primary N) is 1. The number of hydrogen-bond donors (Lipinski definition) is 2. The van der Waals surface area contributed by atoms with Crippen LogP contribution in [0, 0.1) is 0 Å². The van der Waals surface area contributed by atoms with Crippen molar-refractivity contribution >= 4 is 5.91 Å². The van der Waals surface area contributed by atoms with E-state index < -0.39 is 0 Å². The number of rotatable bonds is 2. The minimum absolute atomic E-state index is 0.0156. The Kier molecular flexibility index (Phi) is 2.51. The van der Waals surface area contributed by atoms with E-state index in [0.29, 0.717) is 6.04 Å². The molecule has 1 aliphatic heterocycles. The van der Waals surface area contributed by atoms with Crippen LogP contribution in [-0.2, 0) is 4.79 Å². The van der Waals surface area contributed by atoms with Gasteiger partial charge in [-0.25, -0.2) is 5.84 Å².